The van der Waals surface area contributed by atoms with Crippen molar-refractivity contribution in [3.05, 3.63) is 46.5 Å². The lowest BCUT2D eigenvalue weighted by molar-refractivity contribution is -0.125. The van der Waals surface area contributed by atoms with Gasteiger partial charge in [0.2, 0.25) is 5.78 Å². The Labute approximate surface area is 153 Å². The van der Waals surface area contributed by atoms with Crippen LogP contribution in [-0.2, 0) is 9.53 Å². The summed E-state index contributed by atoms with van der Waals surface area (Å²) in [6.45, 7) is 3.23. The number of hydrogen-bond acceptors (Lipinski definition) is 6. The van der Waals surface area contributed by atoms with Gasteiger partial charge >= 0.3 is 0 Å². The molecule has 0 aliphatic carbocycles. The summed E-state index contributed by atoms with van der Waals surface area (Å²) in [4.78, 5) is 21.3. The number of carbonyl (C=O) groups is 1. The normalized spacial score (nSPS) is 16.3. The monoisotopic (exact) mass is 379 g/mol. The summed E-state index contributed by atoms with van der Waals surface area (Å²) in [5.74, 6) is -0.897. The van der Waals surface area contributed by atoms with Gasteiger partial charge in [-0.15, -0.1) is 0 Å². The van der Waals surface area contributed by atoms with Crippen LogP contribution in [0.4, 0.5) is 10.1 Å². The van der Waals surface area contributed by atoms with E-state index in [9.17, 15) is 9.18 Å². The summed E-state index contributed by atoms with van der Waals surface area (Å²) >= 11 is 7.36. The van der Waals surface area contributed by atoms with E-state index in [4.69, 9.17) is 22.1 Å². The number of thioether (sulfide) groups is 1. The van der Waals surface area contributed by atoms with Crippen LogP contribution >= 0.6 is 23.4 Å². The number of nitrogen functional groups attached to an aromatic ring is 1. The van der Waals surface area contributed by atoms with Gasteiger partial charge in [-0.25, -0.2) is 14.4 Å². The Bertz CT molecular complexity index is 915. The van der Waals surface area contributed by atoms with Gasteiger partial charge in [0.1, 0.15) is 5.69 Å². The predicted molar refractivity (Wildman–Crippen MR) is 96.6 cm³/mol. The molecule has 8 heteroatoms. The average molecular weight is 380 g/mol. The lowest BCUT2D eigenvalue weighted by Crippen LogP contribution is -2.29. The molecule has 1 aromatic carbocycles. The summed E-state index contributed by atoms with van der Waals surface area (Å²) in [6, 6.07) is 4.26. The Balaban J connectivity index is 2.29. The van der Waals surface area contributed by atoms with Crippen molar-refractivity contribution in [1.29, 1.82) is 0 Å². The molecule has 1 aromatic heterocycles. The first-order valence-electron chi connectivity index (χ1n) is 7.35. The molecule has 3 rings (SSSR count). The fourth-order valence-electron chi connectivity index (χ4n) is 2.54. The number of aromatic nitrogens is 2. The number of ether oxygens (including phenoxy) is 1. The number of nitrogens with two attached hydrogens (primary N) is 1. The third kappa shape index (κ3) is 3.09. The van der Waals surface area contributed by atoms with E-state index >= 15 is 0 Å². The number of carbonyl (C=O) groups excluding carboxylic acids is 1. The lowest BCUT2D eigenvalue weighted by Gasteiger charge is -2.17. The SMILES string of the molecule is CSc1nccc(C2=C(c3cc(Cl)cc(N)c3F)C(=O)C(C)(C)O2)n1. The lowest BCUT2D eigenvalue weighted by atomic mass is 9.92. The summed E-state index contributed by atoms with van der Waals surface area (Å²) in [6.07, 6.45) is 3.39. The highest BCUT2D eigenvalue weighted by atomic mass is 35.5. The molecule has 0 radical (unpaired) electrons. The molecule has 1 aliphatic rings. The Morgan fingerprint density at radius 1 is 1.36 bits per heavy atom. The van der Waals surface area contributed by atoms with Crippen LogP contribution in [0, 0.1) is 5.82 Å². The Kier molecular flexibility index (Phi) is 4.47. The topological polar surface area (TPSA) is 78.1 Å². The molecular weight excluding hydrogens is 365 g/mol. The van der Waals surface area contributed by atoms with Crippen LogP contribution in [-0.4, -0.2) is 27.6 Å². The van der Waals surface area contributed by atoms with Crippen molar-refractivity contribution in [3.8, 4) is 0 Å². The number of nitrogens with zero attached hydrogens (tertiary/aromatic N) is 2. The number of rotatable bonds is 3. The summed E-state index contributed by atoms with van der Waals surface area (Å²) in [5, 5.41) is 0.738. The Hall–Kier alpha value is -2.12. The van der Waals surface area contributed by atoms with E-state index in [-0.39, 0.29) is 33.4 Å². The van der Waals surface area contributed by atoms with Gasteiger partial charge in [0, 0.05) is 16.8 Å². The third-order valence-corrected chi connectivity index (χ3v) is 4.52. The molecule has 0 saturated carbocycles. The molecule has 0 atom stereocenters. The van der Waals surface area contributed by atoms with Gasteiger partial charge in [-0.1, -0.05) is 23.4 Å². The zero-order valence-corrected chi connectivity index (χ0v) is 15.3. The van der Waals surface area contributed by atoms with Gasteiger partial charge in [0.25, 0.3) is 0 Å². The second-order valence-corrected chi connectivity index (χ2v) is 7.14. The van der Waals surface area contributed by atoms with Crippen LogP contribution < -0.4 is 5.73 Å². The first-order valence-corrected chi connectivity index (χ1v) is 8.95. The van der Waals surface area contributed by atoms with Gasteiger partial charge < -0.3 is 10.5 Å². The van der Waals surface area contributed by atoms with Crippen molar-refractivity contribution in [2.75, 3.05) is 12.0 Å². The standard InChI is InChI=1S/C17H15ClFN3O2S/c1-17(2)15(23)12(9-6-8(18)7-10(20)13(9)19)14(24-17)11-4-5-21-16(22-11)25-3/h4-7H,20H2,1-3H3. The zero-order valence-electron chi connectivity index (χ0n) is 13.8. The number of benzene rings is 1. The van der Waals surface area contributed by atoms with Crippen molar-refractivity contribution < 1.29 is 13.9 Å². The molecule has 25 heavy (non-hydrogen) atoms. The summed E-state index contributed by atoms with van der Waals surface area (Å²) < 4.78 is 20.5. The average Bonchev–Trinajstić information content (AvgIpc) is 2.81. The van der Waals surface area contributed by atoms with Crippen LogP contribution in [0.5, 0.6) is 0 Å². The largest absolute Gasteiger partial charge is 0.477 e. The van der Waals surface area contributed by atoms with Crippen molar-refractivity contribution >= 4 is 46.2 Å². The maximum absolute atomic E-state index is 14.6. The highest BCUT2D eigenvalue weighted by molar-refractivity contribution is 7.98. The highest BCUT2D eigenvalue weighted by Gasteiger charge is 2.44. The molecule has 130 valence electrons. The second-order valence-electron chi connectivity index (χ2n) is 5.93. The number of hydrogen-bond donors (Lipinski definition) is 1. The van der Waals surface area contributed by atoms with Crippen LogP contribution in [0.25, 0.3) is 11.3 Å². The first-order chi connectivity index (χ1) is 11.7. The molecule has 1 aliphatic heterocycles. The minimum Gasteiger partial charge on any atom is -0.477 e. The summed E-state index contributed by atoms with van der Waals surface area (Å²) in [7, 11) is 0. The van der Waals surface area contributed by atoms with Crippen molar-refractivity contribution in [2.45, 2.75) is 24.6 Å². The second kappa shape index (κ2) is 6.31. The van der Waals surface area contributed by atoms with Crippen molar-refractivity contribution in [3.63, 3.8) is 0 Å². The maximum atomic E-state index is 14.6. The zero-order chi connectivity index (χ0) is 18.4. The van der Waals surface area contributed by atoms with E-state index in [0.29, 0.717) is 10.9 Å². The van der Waals surface area contributed by atoms with Crippen molar-refractivity contribution in [1.82, 2.24) is 9.97 Å². The molecule has 2 N–H and O–H groups in total. The minimum atomic E-state index is -1.15. The van der Waals surface area contributed by atoms with Crippen molar-refractivity contribution in [2.24, 2.45) is 0 Å². The van der Waals surface area contributed by atoms with Gasteiger partial charge in [0.15, 0.2) is 22.3 Å². The molecule has 0 bridgehead atoms. The van der Waals surface area contributed by atoms with Gasteiger partial charge in [-0.2, -0.15) is 0 Å². The van der Waals surface area contributed by atoms with Crippen LogP contribution in [0.3, 0.4) is 0 Å². The van der Waals surface area contributed by atoms with E-state index in [0.717, 1.165) is 0 Å². The quantitative estimate of drug-likeness (QED) is 0.496. The fraction of sp³-hybridized carbons (Fsp3) is 0.235. The van der Waals surface area contributed by atoms with E-state index in [2.05, 4.69) is 9.97 Å². The molecule has 0 fully saturated rings. The predicted octanol–water partition coefficient (Wildman–Crippen LogP) is 3.82. The van der Waals surface area contributed by atoms with Crippen LogP contribution in [0.1, 0.15) is 25.1 Å². The number of anilines is 1. The van der Waals surface area contributed by atoms with E-state index in [1.165, 1.54) is 23.9 Å². The number of ketones is 1. The van der Waals surface area contributed by atoms with E-state index in [1.54, 1.807) is 26.1 Å². The molecule has 2 heterocycles. The smallest absolute Gasteiger partial charge is 0.210 e. The Morgan fingerprint density at radius 3 is 2.76 bits per heavy atom. The van der Waals surface area contributed by atoms with Crippen LogP contribution in [0.2, 0.25) is 5.02 Å². The fourth-order valence-corrected chi connectivity index (χ4v) is 3.12. The maximum Gasteiger partial charge on any atom is 0.210 e. The van der Waals surface area contributed by atoms with Gasteiger partial charge in [0.05, 0.1) is 11.3 Å². The molecule has 0 spiro atoms. The minimum absolute atomic E-state index is 0.000103. The number of Topliss-reactive ketones (excluding diaryl/α,β-unsaturated/α-hetero) is 1. The molecule has 2 aromatic rings. The summed E-state index contributed by atoms with van der Waals surface area (Å²) in [5.41, 5.74) is 4.84. The Morgan fingerprint density at radius 2 is 2.08 bits per heavy atom. The van der Waals surface area contributed by atoms with Crippen LogP contribution in [0.15, 0.2) is 29.6 Å². The van der Waals surface area contributed by atoms with E-state index in [1.807, 2.05) is 6.26 Å². The molecular formula is C17H15ClFN3O2S. The first kappa shape index (κ1) is 17.7. The van der Waals surface area contributed by atoms with Gasteiger partial charge in [-0.3, -0.25) is 4.79 Å². The molecule has 0 unspecified atom stereocenters. The highest BCUT2D eigenvalue weighted by Crippen LogP contribution is 2.42. The third-order valence-electron chi connectivity index (χ3n) is 3.74. The molecule has 5 nitrogen and oxygen atoms in total. The van der Waals surface area contributed by atoms with E-state index < -0.39 is 11.4 Å². The number of halogens is 2. The molecule has 0 saturated heterocycles. The molecule has 0 amide bonds. The van der Waals surface area contributed by atoms with Gasteiger partial charge in [-0.05, 0) is 38.3 Å².